The summed E-state index contributed by atoms with van der Waals surface area (Å²) in [4.78, 5) is 0. The van der Waals surface area contributed by atoms with Crippen LogP contribution in [0.25, 0.3) is 0 Å². The molecule has 0 N–H and O–H groups in total. The monoisotopic (exact) mass is 174 g/mol. The summed E-state index contributed by atoms with van der Waals surface area (Å²) in [7, 11) is 2.95. The Morgan fingerprint density at radius 2 is 1.64 bits per heavy atom. The van der Waals surface area contributed by atoms with Crippen molar-refractivity contribution >= 4 is 9.24 Å². The van der Waals surface area contributed by atoms with Crippen LogP contribution in [0.3, 0.4) is 0 Å². The second-order valence-electron chi connectivity index (χ2n) is 5.01. The van der Waals surface area contributed by atoms with Gasteiger partial charge < -0.3 is 0 Å². The summed E-state index contributed by atoms with van der Waals surface area (Å²) in [6.45, 7) is 11.5. The molecule has 2 atom stereocenters. The summed E-state index contributed by atoms with van der Waals surface area (Å²) < 4.78 is 0. The van der Waals surface area contributed by atoms with Gasteiger partial charge in [0, 0.05) is 0 Å². The first kappa shape index (κ1) is 11.4. The van der Waals surface area contributed by atoms with E-state index in [1.165, 1.54) is 12.8 Å². The predicted octanol–water partition coefficient (Wildman–Crippen LogP) is 3.71. The van der Waals surface area contributed by atoms with Crippen LogP contribution in [0, 0.1) is 11.3 Å². The number of hydrogen-bond acceptors (Lipinski definition) is 0. The molecule has 0 aliphatic carbocycles. The summed E-state index contributed by atoms with van der Waals surface area (Å²) in [5, 5.41) is 0. The highest BCUT2D eigenvalue weighted by molar-refractivity contribution is 7.17. The molecule has 0 saturated carbocycles. The first-order valence-electron chi connectivity index (χ1n) is 4.58. The topological polar surface area (TPSA) is 0 Å². The molecule has 68 valence electrons. The molecule has 11 heavy (non-hydrogen) atoms. The Bertz CT molecular complexity index is 99.9. The summed E-state index contributed by atoms with van der Waals surface area (Å²) in [6, 6.07) is 0. The molecule has 0 spiro atoms. The molecule has 0 aromatic heterocycles. The van der Waals surface area contributed by atoms with Crippen molar-refractivity contribution in [1.29, 1.82) is 0 Å². The largest absolute Gasteiger partial charge is 0.134 e. The predicted molar refractivity (Wildman–Crippen MR) is 57.0 cm³/mol. The minimum atomic E-state index is 0.504. The van der Waals surface area contributed by atoms with E-state index in [9.17, 15) is 0 Å². The lowest BCUT2D eigenvalue weighted by atomic mass is 9.88. The third-order valence-corrected chi connectivity index (χ3v) is 3.19. The zero-order valence-corrected chi connectivity index (χ0v) is 9.80. The Labute approximate surface area is 74.4 Å². The maximum Gasteiger partial charge on any atom is -0.0241 e. The van der Waals surface area contributed by atoms with Gasteiger partial charge in [-0.3, -0.25) is 0 Å². The fourth-order valence-electron chi connectivity index (χ4n) is 0.933. The molecule has 0 bridgehead atoms. The maximum atomic E-state index is 2.95. The average molecular weight is 174 g/mol. The molecule has 1 heteroatoms. The van der Waals surface area contributed by atoms with E-state index in [-0.39, 0.29) is 0 Å². The van der Waals surface area contributed by atoms with E-state index in [0.717, 1.165) is 11.6 Å². The number of rotatable bonds is 3. The van der Waals surface area contributed by atoms with Crippen LogP contribution in [-0.4, -0.2) is 5.66 Å². The highest BCUT2D eigenvalue weighted by Gasteiger charge is 2.14. The molecule has 0 radical (unpaired) electrons. The van der Waals surface area contributed by atoms with Crippen LogP contribution in [0.4, 0.5) is 0 Å². The van der Waals surface area contributed by atoms with Crippen LogP contribution in [0.2, 0.25) is 0 Å². The fourth-order valence-corrected chi connectivity index (χ4v) is 1.10. The Morgan fingerprint density at radius 1 is 1.18 bits per heavy atom. The SMILES string of the molecule is CC(C)C(P)CCC(C)(C)C. The van der Waals surface area contributed by atoms with Crippen molar-refractivity contribution < 1.29 is 0 Å². The van der Waals surface area contributed by atoms with Gasteiger partial charge in [-0.2, -0.15) is 0 Å². The summed E-state index contributed by atoms with van der Waals surface area (Å²) in [6.07, 6.45) is 2.67. The second-order valence-corrected chi connectivity index (χ2v) is 5.86. The van der Waals surface area contributed by atoms with Crippen LogP contribution in [0.5, 0.6) is 0 Å². The molecule has 0 fully saturated rings. The van der Waals surface area contributed by atoms with Crippen molar-refractivity contribution in [3.05, 3.63) is 0 Å². The molecular formula is C10H23P. The number of hydrogen-bond donors (Lipinski definition) is 0. The van der Waals surface area contributed by atoms with Crippen LogP contribution in [0.15, 0.2) is 0 Å². The van der Waals surface area contributed by atoms with Crippen LogP contribution < -0.4 is 0 Å². The first-order chi connectivity index (χ1) is 4.83. The smallest absolute Gasteiger partial charge is 0.0241 e. The standard InChI is InChI=1S/C10H23P/c1-8(2)9(11)6-7-10(3,4)5/h8-9H,6-7,11H2,1-5H3. The van der Waals surface area contributed by atoms with Gasteiger partial charge in [0.15, 0.2) is 0 Å². The van der Waals surface area contributed by atoms with Crippen molar-refractivity contribution in [3.63, 3.8) is 0 Å². The summed E-state index contributed by atoms with van der Waals surface area (Å²) in [5.41, 5.74) is 1.30. The van der Waals surface area contributed by atoms with E-state index in [2.05, 4.69) is 43.9 Å². The van der Waals surface area contributed by atoms with Crippen molar-refractivity contribution in [3.8, 4) is 0 Å². The van der Waals surface area contributed by atoms with E-state index in [1.54, 1.807) is 0 Å². The van der Waals surface area contributed by atoms with Crippen molar-refractivity contribution in [2.24, 2.45) is 11.3 Å². The molecule has 0 rings (SSSR count). The summed E-state index contributed by atoms with van der Waals surface area (Å²) >= 11 is 0. The van der Waals surface area contributed by atoms with Gasteiger partial charge in [0.2, 0.25) is 0 Å². The first-order valence-corrected chi connectivity index (χ1v) is 5.25. The lowest BCUT2D eigenvalue weighted by Crippen LogP contribution is -2.12. The maximum absolute atomic E-state index is 2.95. The van der Waals surface area contributed by atoms with Gasteiger partial charge >= 0.3 is 0 Å². The molecule has 2 unspecified atom stereocenters. The molecule has 0 heterocycles. The van der Waals surface area contributed by atoms with Crippen molar-refractivity contribution in [1.82, 2.24) is 0 Å². The van der Waals surface area contributed by atoms with E-state index >= 15 is 0 Å². The van der Waals surface area contributed by atoms with Crippen LogP contribution >= 0.6 is 9.24 Å². The Hall–Kier alpha value is 0.430. The molecule has 0 aromatic carbocycles. The Morgan fingerprint density at radius 3 is 1.91 bits per heavy atom. The summed E-state index contributed by atoms with van der Waals surface area (Å²) in [5.74, 6) is 0.808. The highest BCUT2D eigenvalue weighted by atomic mass is 31.0. The third kappa shape index (κ3) is 6.81. The average Bonchev–Trinajstić information content (AvgIpc) is 1.80. The lowest BCUT2D eigenvalue weighted by molar-refractivity contribution is 0.351. The molecule has 0 aliphatic rings. The quantitative estimate of drug-likeness (QED) is 0.572. The van der Waals surface area contributed by atoms with Crippen molar-refractivity contribution in [2.75, 3.05) is 0 Å². The van der Waals surface area contributed by atoms with Crippen molar-refractivity contribution in [2.45, 2.75) is 53.1 Å². The fraction of sp³-hybridized carbons (Fsp3) is 1.00. The molecule has 0 nitrogen and oxygen atoms in total. The molecule has 0 aliphatic heterocycles. The molecule has 0 aromatic rings. The van der Waals surface area contributed by atoms with E-state index in [4.69, 9.17) is 0 Å². The van der Waals surface area contributed by atoms with E-state index in [0.29, 0.717) is 5.41 Å². The van der Waals surface area contributed by atoms with Crippen LogP contribution in [-0.2, 0) is 0 Å². The third-order valence-electron chi connectivity index (χ3n) is 2.08. The molecular weight excluding hydrogens is 151 g/mol. The zero-order valence-electron chi connectivity index (χ0n) is 8.65. The van der Waals surface area contributed by atoms with E-state index in [1.807, 2.05) is 0 Å². The zero-order chi connectivity index (χ0) is 9.07. The molecule has 0 amide bonds. The van der Waals surface area contributed by atoms with Crippen LogP contribution in [0.1, 0.15) is 47.5 Å². The Balaban J connectivity index is 3.54. The van der Waals surface area contributed by atoms with Gasteiger partial charge in [0.1, 0.15) is 0 Å². The van der Waals surface area contributed by atoms with Gasteiger partial charge in [-0.1, -0.05) is 34.6 Å². The van der Waals surface area contributed by atoms with Gasteiger partial charge in [0.25, 0.3) is 0 Å². The van der Waals surface area contributed by atoms with Gasteiger partial charge in [-0.05, 0) is 29.8 Å². The second kappa shape index (κ2) is 4.45. The minimum absolute atomic E-state index is 0.504. The normalized spacial score (nSPS) is 15.5. The van der Waals surface area contributed by atoms with Gasteiger partial charge in [0.05, 0.1) is 0 Å². The molecule has 0 saturated heterocycles. The Kier molecular flexibility index (Phi) is 4.63. The minimum Gasteiger partial charge on any atom is -0.134 e. The highest BCUT2D eigenvalue weighted by Crippen LogP contribution is 2.26. The van der Waals surface area contributed by atoms with Gasteiger partial charge in [-0.15, -0.1) is 9.24 Å². The lowest BCUT2D eigenvalue weighted by Gasteiger charge is -2.22. The van der Waals surface area contributed by atoms with E-state index < -0.39 is 0 Å². The van der Waals surface area contributed by atoms with Gasteiger partial charge in [-0.25, -0.2) is 0 Å².